The highest BCUT2D eigenvalue weighted by Crippen LogP contribution is 2.27. The molecule has 0 saturated carbocycles. The van der Waals surface area contributed by atoms with Crippen molar-refractivity contribution in [2.75, 3.05) is 6.61 Å². The maximum Gasteiger partial charge on any atom is 0.168 e. The van der Waals surface area contributed by atoms with Crippen molar-refractivity contribution in [1.29, 1.82) is 0 Å². The number of hydrogen-bond acceptors (Lipinski definition) is 3. The third-order valence-corrected chi connectivity index (χ3v) is 4.15. The van der Waals surface area contributed by atoms with Crippen molar-refractivity contribution >= 4 is 16.7 Å². The second kappa shape index (κ2) is 5.33. The van der Waals surface area contributed by atoms with Crippen LogP contribution < -0.4 is 0 Å². The Morgan fingerprint density at radius 1 is 1.30 bits per heavy atom. The first-order chi connectivity index (χ1) is 9.69. The van der Waals surface area contributed by atoms with E-state index in [0.717, 1.165) is 35.7 Å². The van der Waals surface area contributed by atoms with Crippen molar-refractivity contribution in [2.24, 2.45) is 0 Å². The Morgan fingerprint density at radius 2 is 2.15 bits per heavy atom. The van der Waals surface area contributed by atoms with Crippen LogP contribution in [0.5, 0.6) is 0 Å². The molecule has 0 N–H and O–H groups in total. The van der Waals surface area contributed by atoms with E-state index in [1.54, 1.807) is 6.20 Å². The van der Waals surface area contributed by atoms with Crippen molar-refractivity contribution in [3.05, 3.63) is 42.1 Å². The Balaban J connectivity index is 1.87. The fourth-order valence-electron chi connectivity index (χ4n) is 2.82. The van der Waals surface area contributed by atoms with E-state index in [2.05, 4.69) is 4.98 Å². The third-order valence-electron chi connectivity index (χ3n) is 4.15. The molecule has 0 aliphatic carbocycles. The molecule has 2 aromatic rings. The van der Waals surface area contributed by atoms with Crippen molar-refractivity contribution in [3.8, 4) is 0 Å². The summed E-state index contributed by atoms with van der Waals surface area (Å²) >= 11 is 0. The molecule has 3 rings (SSSR count). The molecule has 3 heteroatoms. The number of para-hydroxylation sites is 1. The van der Waals surface area contributed by atoms with Gasteiger partial charge in [-0.2, -0.15) is 0 Å². The SMILES string of the molecule is CC1(C(=O)Cc2ccnc3ccccc23)CCCCO1. The average molecular weight is 269 g/mol. The quantitative estimate of drug-likeness (QED) is 0.858. The van der Waals surface area contributed by atoms with Crippen molar-refractivity contribution < 1.29 is 9.53 Å². The van der Waals surface area contributed by atoms with Crippen molar-refractivity contribution in [1.82, 2.24) is 4.98 Å². The standard InChI is InChI=1S/C17H19NO2/c1-17(9-4-5-11-20-17)16(19)12-13-8-10-18-15-7-3-2-6-14(13)15/h2-3,6-8,10H,4-5,9,11-12H2,1H3. The van der Waals surface area contributed by atoms with E-state index in [9.17, 15) is 4.79 Å². The summed E-state index contributed by atoms with van der Waals surface area (Å²) in [6, 6.07) is 9.88. The van der Waals surface area contributed by atoms with Crippen LogP contribution in [-0.4, -0.2) is 23.0 Å². The Morgan fingerprint density at radius 3 is 2.95 bits per heavy atom. The second-order valence-electron chi connectivity index (χ2n) is 5.62. The molecule has 0 amide bonds. The van der Waals surface area contributed by atoms with Gasteiger partial charge >= 0.3 is 0 Å². The molecule has 0 bridgehead atoms. The second-order valence-corrected chi connectivity index (χ2v) is 5.62. The molecule has 20 heavy (non-hydrogen) atoms. The lowest BCUT2D eigenvalue weighted by molar-refractivity contribution is -0.147. The van der Waals surface area contributed by atoms with Crippen LogP contribution in [0.1, 0.15) is 31.7 Å². The smallest absolute Gasteiger partial charge is 0.168 e. The topological polar surface area (TPSA) is 39.2 Å². The van der Waals surface area contributed by atoms with Gasteiger partial charge in [-0.25, -0.2) is 0 Å². The number of ketones is 1. The zero-order chi connectivity index (χ0) is 14.0. The molecule has 2 heterocycles. The van der Waals surface area contributed by atoms with Gasteiger partial charge in [0, 0.05) is 24.6 Å². The number of Topliss-reactive ketones (excluding diaryl/α,β-unsaturated/α-hetero) is 1. The predicted octanol–water partition coefficient (Wildman–Crippen LogP) is 3.31. The van der Waals surface area contributed by atoms with Gasteiger partial charge in [0.25, 0.3) is 0 Å². The van der Waals surface area contributed by atoms with Gasteiger partial charge in [-0.1, -0.05) is 18.2 Å². The maximum absolute atomic E-state index is 12.6. The number of fused-ring (bicyclic) bond motifs is 1. The van der Waals surface area contributed by atoms with E-state index < -0.39 is 5.60 Å². The number of benzene rings is 1. The number of pyridine rings is 1. The van der Waals surface area contributed by atoms with Gasteiger partial charge < -0.3 is 4.74 Å². The molecule has 1 fully saturated rings. The zero-order valence-corrected chi connectivity index (χ0v) is 11.8. The number of rotatable bonds is 3. The largest absolute Gasteiger partial charge is 0.367 e. The Bertz CT molecular complexity index is 624. The normalized spacial score (nSPS) is 22.9. The van der Waals surface area contributed by atoms with Crippen LogP contribution in [-0.2, 0) is 16.0 Å². The van der Waals surface area contributed by atoms with E-state index >= 15 is 0 Å². The number of carbonyl (C=O) groups is 1. The van der Waals surface area contributed by atoms with Crippen LogP contribution in [0.15, 0.2) is 36.5 Å². The van der Waals surface area contributed by atoms with Crippen LogP contribution >= 0.6 is 0 Å². The lowest BCUT2D eigenvalue weighted by Crippen LogP contribution is -2.42. The minimum atomic E-state index is -0.609. The number of ether oxygens (including phenoxy) is 1. The highest BCUT2D eigenvalue weighted by molar-refractivity contribution is 5.93. The first-order valence-electron chi connectivity index (χ1n) is 7.19. The Hall–Kier alpha value is -1.74. The van der Waals surface area contributed by atoms with Crippen LogP contribution in [0.4, 0.5) is 0 Å². The minimum Gasteiger partial charge on any atom is -0.367 e. The molecule has 3 nitrogen and oxygen atoms in total. The van der Waals surface area contributed by atoms with E-state index in [1.165, 1.54) is 0 Å². The van der Waals surface area contributed by atoms with Crippen molar-refractivity contribution in [3.63, 3.8) is 0 Å². The summed E-state index contributed by atoms with van der Waals surface area (Å²) in [4.78, 5) is 16.9. The van der Waals surface area contributed by atoms with Gasteiger partial charge in [0.2, 0.25) is 0 Å². The summed E-state index contributed by atoms with van der Waals surface area (Å²) in [5.41, 5.74) is 1.37. The first-order valence-corrected chi connectivity index (χ1v) is 7.19. The molecule has 1 unspecified atom stereocenters. The predicted molar refractivity (Wildman–Crippen MR) is 78.7 cm³/mol. The zero-order valence-electron chi connectivity index (χ0n) is 11.8. The summed E-state index contributed by atoms with van der Waals surface area (Å²) < 4.78 is 5.75. The van der Waals surface area contributed by atoms with Gasteiger partial charge in [0.15, 0.2) is 5.78 Å². The molecular formula is C17H19NO2. The highest BCUT2D eigenvalue weighted by atomic mass is 16.5. The molecule has 0 radical (unpaired) electrons. The number of hydrogen-bond donors (Lipinski definition) is 0. The summed E-state index contributed by atoms with van der Waals surface area (Å²) in [5.74, 6) is 0.175. The average Bonchev–Trinajstić information content (AvgIpc) is 2.48. The van der Waals surface area contributed by atoms with E-state index in [0.29, 0.717) is 13.0 Å². The monoisotopic (exact) mass is 269 g/mol. The highest BCUT2D eigenvalue weighted by Gasteiger charge is 2.35. The molecule has 1 aromatic heterocycles. The van der Waals surface area contributed by atoms with E-state index in [1.807, 2.05) is 37.3 Å². The molecule has 1 aliphatic heterocycles. The Labute approximate surface area is 119 Å². The maximum atomic E-state index is 12.6. The molecular weight excluding hydrogens is 250 g/mol. The summed E-state index contributed by atoms with van der Waals surface area (Å²) in [7, 11) is 0. The fraction of sp³-hybridized carbons (Fsp3) is 0.412. The first kappa shape index (κ1) is 13.3. The van der Waals surface area contributed by atoms with Gasteiger partial charge in [0.1, 0.15) is 5.60 Å². The molecule has 104 valence electrons. The van der Waals surface area contributed by atoms with E-state index in [4.69, 9.17) is 4.74 Å². The van der Waals surface area contributed by atoms with E-state index in [-0.39, 0.29) is 5.78 Å². The Kier molecular flexibility index (Phi) is 3.53. The lowest BCUT2D eigenvalue weighted by atomic mass is 9.87. The molecule has 1 aliphatic rings. The summed E-state index contributed by atoms with van der Waals surface area (Å²) in [6.45, 7) is 2.62. The molecule has 1 saturated heterocycles. The fourth-order valence-corrected chi connectivity index (χ4v) is 2.82. The summed E-state index contributed by atoms with van der Waals surface area (Å²) in [5, 5.41) is 1.06. The molecule has 0 spiro atoms. The van der Waals surface area contributed by atoms with Crippen LogP contribution in [0.2, 0.25) is 0 Å². The lowest BCUT2D eigenvalue weighted by Gasteiger charge is -2.32. The van der Waals surface area contributed by atoms with Gasteiger partial charge in [0.05, 0.1) is 5.52 Å². The van der Waals surface area contributed by atoms with Crippen LogP contribution in [0.3, 0.4) is 0 Å². The van der Waals surface area contributed by atoms with Crippen LogP contribution in [0, 0.1) is 0 Å². The van der Waals surface area contributed by atoms with Crippen LogP contribution in [0.25, 0.3) is 10.9 Å². The van der Waals surface area contributed by atoms with Gasteiger partial charge in [-0.15, -0.1) is 0 Å². The van der Waals surface area contributed by atoms with Gasteiger partial charge in [-0.05, 0) is 43.9 Å². The third kappa shape index (κ3) is 2.46. The number of nitrogens with zero attached hydrogens (tertiary/aromatic N) is 1. The molecule has 1 atom stereocenters. The minimum absolute atomic E-state index is 0.175. The number of aromatic nitrogens is 1. The van der Waals surface area contributed by atoms with Gasteiger partial charge in [-0.3, -0.25) is 9.78 Å². The van der Waals surface area contributed by atoms with Crippen molar-refractivity contribution in [2.45, 2.75) is 38.2 Å². The molecule has 1 aromatic carbocycles. The summed E-state index contributed by atoms with van der Waals surface area (Å²) in [6.07, 6.45) is 5.14. The number of carbonyl (C=O) groups excluding carboxylic acids is 1.